The molecule has 0 bridgehead atoms. The molecule has 6 nitrogen and oxygen atoms in total. The third-order valence-corrected chi connectivity index (χ3v) is 2.53. The van der Waals surface area contributed by atoms with Gasteiger partial charge in [-0.2, -0.15) is 0 Å². The Morgan fingerprint density at radius 2 is 2.11 bits per heavy atom. The van der Waals surface area contributed by atoms with Gasteiger partial charge in [0.25, 0.3) is 0 Å². The molecule has 0 saturated carbocycles. The molecule has 0 aliphatic rings. The molecule has 7 heteroatoms. The van der Waals surface area contributed by atoms with Crippen molar-refractivity contribution < 1.29 is 18.7 Å². The number of carbonyl (C=O) groups is 2. The fraction of sp³-hybridized carbons (Fsp3) is 0.500. The molecule has 1 atom stereocenters. The van der Waals surface area contributed by atoms with Crippen LogP contribution in [0.15, 0.2) is 10.5 Å². The van der Waals surface area contributed by atoms with Crippen molar-refractivity contribution in [1.29, 1.82) is 0 Å². The summed E-state index contributed by atoms with van der Waals surface area (Å²) in [4.78, 5) is 24.4. The molecule has 19 heavy (non-hydrogen) atoms. The van der Waals surface area contributed by atoms with Crippen LogP contribution in [-0.2, 0) is 16.1 Å². The van der Waals surface area contributed by atoms with E-state index in [2.05, 4.69) is 4.74 Å². The molecule has 0 aliphatic heterocycles. The van der Waals surface area contributed by atoms with Gasteiger partial charge in [-0.05, 0) is 19.9 Å². The number of hydrogen-bond acceptors (Lipinski definition) is 5. The van der Waals surface area contributed by atoms with Crippen LogP contribution < -0.4 is 5.73 Å². The summed E-state index contributed by atoms with van der Waals surface area (Å²) in [6, 6.07) is 1.01. The zero-order chi connectivity index (χ0) is 13.9. The number of halogens is 1. The minimum absolute atomic E-state index is 0. The normalized spacial score (nSPS) is 11.4. The minimum Gasteiger partial charge on any atom is -0.465 e. The van der Waals surface area contributed by atoms with Crippen molar-refractivity contribution in [2.24, 2.45) is 5.73 Å². The molecule has 0 fully saturated rings. The molecule has 1 unspecified atom stereocenters. The van der Waals surface area contributed by atoms with Crippen LogP contribution in [0.25, 0.3) is 0 Å². The van der Waals surface area contributed by atoms with Gasteiger partial charge in [0.2, 0.25) is 5.91 Å². The number of methoxy groups -OCH3 is 1. The van der Waals surface area contributed by atoms with Gasteiger partial charge in [0, 0.05) is 7.05 Å². The quantitative estimate of drug-likeness (QED) is 0.839. The van der Waals surface area contributed by atoms with Crippen LogP contribution in [0.1, 0.15) is 28.8 Å². The second kappa shape index (κ2) is 7.16. The predicted octanol–water partition coefficient (Wildman–Crippen LogP) is 1.10. The number of ether oxygens (including phenoxy) is 1. The molecule has 0 saturated heterocycles. The van der Waals surface area contributed by atoms with Gasteiger partial charge in [-0.25, -0.2) is 4.79 Å². The van der Waals surface area contributed by atoms with Crippen molar-refractivity contribution in [2.45, 2.75) is 26.4 Å². The Labute approximate surface area is 118 Å². The highest BCUT2D eigenvalue weighted by Gasteiger charge is 2.19. The number of rotatable bonds is 4. The smallest absolute Gasteiger partial charge is 0.341 e. The molecule has 1 rings (SSSR count). The van der Waals surface area contributed by atoms with Gasteiger partial charge in [-0.15, -0.1) is 12.4 Å². The van der Waals surface area contributed by atoms with E-state index in [0.717, 1.165) is 0 Å². The van der Waals surface area contributed by atoms with Crippen molar-refractivity contribution >= 4 is 24.3 Å². The second-order valence-corrected chi connectivity index (χ2v) is 4.16. The third-order valence-electron chi connectivity index (χ3n) is 2.53. The maximum Gasteiger partial charge on any atom is 0.341 e. The zero-order valence-corrected chi connectivity index (χ0v) is 12.2. The molecule has 1 amide bonds. The average molecular weight is 291 g/mol. The maximum absolute atomic E-state index is 11.6. The maximum atomic E-state index is 11.6. The number of amides is 1. The lowest BCUT2D eigenvalue weighted by molar-refractivity contribution is -0.131. The van der Waals surface area contributed by atoms with Crippen molar-refractivity contribution in [3.05, 3.63) is 23.2 Å². The first-order valence-corrected chi connectivity index (χ1v) is 5.55. The summed E-state index contributed by atoms with van der Waals surface area (Å²) >= 11 is 0. The standard InChI is InChI=1S/C12H18N2O4.ClH/c1-7(13)11(15)14(3)6-9-5-10(8(2)18-9)12(16)17-4;/h5,7H,6,13H2,1-4H3;1H. The van der Waals surface area contributed by atoms with E-state index in [4.69, 9.17) is 10.2 Å². The number of carbonyl (C=O) groups excluding carboxylic acids is 2. The number of nitrogens with two attached hydrogens (primary N) is 1. The van der Waals surface area contributed by atoms with Crippen LogP contribution in [0.4, 0.5) is 0 Å². The molecule has 1 heterocycles. The Kier molecular flexibility index (Phi) is 6.58. The molecule has 1 aromatic heterocycles. The van der Waals surface area contributed by atoms with Crippen LogP contribution in [-0.4, -0.2) is 37.0 Å². The van der Waals surface area contributed by atoms with E-state index >= 15 is 0 Å². The summed E-state index contributed by atoms with van der Waals surface area (Å²) in [5, 5.41) is 0. The molecule has 108 valence electrons. The fourth-order valence-corrected chi connectivity index (χ4v) is 1.59. The van der Waals surface area contributed by atoms with E-state index < -0.39 is 12.0 Å². The summed E-state index contributed by atoms with van der Waals surface area (Å²) in [5.41, 5.74) is 5.87. The van der Waals surface area contributed by atoms with E-state index in [1.807, 2.05) is 0 Å². The second-order valence-electron chi connectivity index (χ2n) is 4.16. The SMILES string of the molecule is COC(=O)c1cc(CN(C)C(=O)C(C)N)oc1C.Cl. The Bertz CT molecular complexity index is 457. The van der Waals surface area contributed by atoms with E-state index in [1.165, 1.54) is 12.0 Å². The molecule has 0 aromatic carbocycles. The number of nitrogens with zero attached hydrogens (tertiary/aromatic N) is 1. The number of likely N-dealkylation sites (N-methyl/N-ethyl adjacent to an activating group) is 1. The van der Waals surface area contributed by atoms with Crippen LogP contribution in [0.3, 0.4) is 0 Å². The summed E-state index contributed by atoms with van der Waals surface area (Å²) in [5.74, 6) is 0.343. The Morgan fingerprint density at radius 3 is 2.58 bits per heavy atom. The highest BCUT2D eigenvalue weighted by atomic mass is 35.5. The van der Waals surface area contributed by atoms with Gasteiger partial charge in [0.05, 0.1) is 19.7 Å². The van der Waals surface area contributed by atoms with Crippen LogP contribution in [0.2, 0.25) is 0 Å². The highest BCUT2D eigenvalue weighted by Crippen LogP contribution is 2.17. The average Bonchev–Trinajstić information content (AvgIpc) is 2.67. The molecule has 0 aliphatic carbocycles. The third kappa shape index (κ3) is 4.25. The largest absolute Gasteiger partial charge is 0.465 e. The first kappa shape index (κ1) is 17.5. The highest BCUT2D eigenvalue weighted by molar-refractivity contribution is 5.90. The molecule has 0 radical (unpaired) electrons. The predicted molar refractivity (Wildman–Crippen MR) is 72.2 cm³/mol. The number of esters is 1. The lowest BCUT2D eigenvalue weighted by atomic mass is 10.2. The van der Waals surface area contributed by atoms with E-state index in [9.17, 15) is 9.59 Å². The van der Waals surface area contributed by atoms with Gasteiger partial charge in [-0.1, -0.05) is 0 Å². The van der Waals surface area contributed by atoms with Gasteiger partial charge < -0.3 is 19.8 Å². The lowest BCUT2D eigenvalue weighted by Crippen LogP contribution is -2.39. The van der Waals surface area contributed by atoms with Gasteiger partial charge in [0.1, 0.15) is 17.1 Å². The summed E-state index contributed by atoms with van der Waals surface area (Å²) < 4.78 is 10.0. The lowest BCUT2D eigenvalue weighted by Gasteiger charge is -2.17. The van der Waals surface area contributed by atoms with Crippen LogP contribution in [0, 0.1) is 6.92 Å². The van der Waals surface area contributed by atoms with Crippen molar-refractivity contribution in [2.75, 3.05) is 14.2 Å². The molecule has 0 spiro atoms. The van der Waals surface area contributed by atoms with Crippen molar-refractivity contribution in [3.8, 4) is 0 Å². The summed E-state index contributed by atoms with van der Waals surface area (Å²) in [6.07, 6.45) is 0. The number of aryl methyl sites for hydroxylation is 1. The van der Waals surface area contributed by atoms with Gasteiger partial charge >= 0.3 is 5.97 Å². The van der Waals surface area contributed by atoms with Gasteiger partial charge in [-0.3, -0.25) is 4.79 Å². The van der Waals surface area contributed by atoms with E-state index in [1.54, 1.807) is 27.0 Å². The summed E-state index contributed by atoms with van der Waals surface area (Å²) in [6.45, 7) is 3.55. The van der Waals surface area contributed by atoms with E-state index in [-0.39, 0.29) is 24.9 Å². The topological polar surface area (TPSA) is 85.8 Å². The molecule has 1 aromatic rings. The van der Waals surface area contributed by atoms with E-state index in [0.29, 0.717) is 17.1 Å². The minimum atomic E-state index is -0.564. The molecule has 2 N–H and O–H groups in total. The monoisotopic (exact) mass is 290 g/mol. The molecular weight excluding hydrogens is 272 g/mol. The summed E-state index contributed by atoms with van der Waals surface area (Å²) in [7, 11) is 2.93. The van der Waals surface area contributed by atoms with Gasteiger partial charge in [0.15, 0.2) is 0 Å². The van der Waals surface area contributed by atoms with Crippen LogP contribution in [0.5, 0.6) is 0 Å². The number of hydrogen-bond donors (Lipinski definition) is 1. The fourth-order valence-electron chi connectivity index (χ4n) is 1.59. The Morgan fingerprint density at radius 1 is 1.53 bits per heavy atom. The Balaban J connectivity index is 0.00000324. The first-order valence-electron chi connectivity index (χ1n) is 5.55. The van der Waals surface area contributed by atoms with Crippen molar-refractivity contribution in [1.82, 2.24) is 4.90 Å². The zero-order valence-electron chi connectivity index (χ0n) is 11.4. The van der Waals surface area contributed by atoms with Crippen LogP contribution >= 0.6 is 12.4 Å². The Hall–Kier alpha value is -1.53. The molecular formula is C12H19ClN2O4. The first-order chi connectivity index (χ1) is 8.36. The van der Waals surface area contributed by atoms with Crippen molar-refractivity contribution in [3.63, 3.8) is 0 Å². The number of furan rings is 1.